The van der Waals surface area contributed by atoms with Crippen LogP contribution in [0.2, 0.25) is 0 Å². The van der Waals surface area contributed by atoms with Gasteiger partial charge in [0.1, 0.15) is 11.6 Å². The molecular weight excluding hydrogens is 501 g/mol. The second kappa shape index (κ2) is 9.76. The monoisotopic (exact) mass is 527 g/mol. The number of aryl methyl sites for hydroxylation is 2. The number of furan rings is 1. The highest BCUT2D eigenvalue weighted by atomic mass is 32.2. The van der Waals surface area contributed by atoms with Crippen LogP contribution in [0.3, 0.4) is 0 Å². The van der Waals surface area contributed by atoms with E-state index in [1.807, 2.05) is 19.9 Å². The maximum absolute atomic E-state index is 13.8. The van der Waals surface area contributed by atoms with E-state index in [9.17, 15) is 17.6 Å². The Labute approximate surface area is 213 Å². The molecule has 3 heterocycles. The van der Waals surface area contributed by atoms with E-state index in [0.29, 0.717) is 23.7 Å². The number of amides is 1. The zero-order chi connectivity index (χ0) is 25.4. The maximum Gasteiger partial charge on any atom is 0.243 e. The Hall–Kier alpha value is -3.08. The smallest absolute Gasteiger partial charge is 0.243 e. The summed E-state index contributed by atoms with van der Waals surface area (Å²) in [4.78, 5) is 20.3. The first-order valence-electron chi connectivity index (χ1n) is 11.7. The normalized spacial score (nSPS) is 15.4. The Balaban J connectivity index is 1.37. The fourth-order valence-corrected chi connectivity index (χ4v) is 7.21. The number of sulfonamides is 1. The number of fused-ring (bicyclic) bond motifs is 1. The van der Waals surface area contributed by atoms with E-state index in [2.05, 4.69) is 12.1 Å². The maximum atomic E-state index is 13.8. The molecule has 10 heteroatoms. The summed E-state index contributed by atoms with van der Waals surface area (Å²) in [7, 11) is -3.75. The standard InChI is InChI=1S/C26H26FN3O4S2/c1-17-14-18(2)24-23(15-17)35-26(28-24)30(16-21-4-3-13-34-21)25(31)19-9-11-29(12-10-19)36(32,33)22-7-5-20(27)6-8-22/h3-8,13-15,19H,9-12,16H2,1-2H3. The summed E-state index contributed by atoms with van der Waals surface area (Å²) in [6, 6.07) is 12.5. The van der Waals surface area contributed by atoms with Gasteiger partial charge in [-0.15, -0.1) is 0 Å². The molecule has 7 nitrogen and oxygen atoms in total. The van der Waals surface area contributed by atoms with Gasteiger partial charge in [0, 0.05) is 19.0 Å². The predicted molar refractivity (Wildman–Crippen MR) is 137 cm³/mol. The molecule has 36 heavy (non-hydrogen) atoms. The van der Waals surface area contributed by atoms with Crippen LogP contribution in [0.15, 0.2) is 64.1 Å². The molecule has 0 unspecified atom stereocenters. The number of rotatable bonds is 6. The van der Waals surface area contributed by atoms with Crippen LogP contribution in [0.5, 0.6) is 0 Å². The predicted octanol–water partition coefficient (Wildman–Crippen LogP) is 5.28. The van der Waals surface area contributed by atoms with Crippen molar-refractivity contribution in [2.75, 3.05) is 18.0 Å². The van der Waals surface area contributed by atoms with E-state index in [1.165, 1.54) is 27.8 Å². The topological polar surface area (TPSA) is 83.7 Å². The fourth-order valence-electron chi connectivity index (χ4n) is 4.59. The Bertz CT molecular complexity index is 1490. The molecule has 0 aliphatic carbocycles. The fraction of sp³-hybridized carbons (Fsp3) is 0.308. The Morgan fingerprint density at radius 1 is 1.17 bits per heavy atom. The van der Waals surface area contributed by atoms with Crippen molar-refractivity contribution in [3.63, 3.8) is 0 Å². The SMILES string of the molecule is Cc1cc(C)c2nc(N(Cc3ccco3)C(=O)C3CCN(S(=O)(=O)c4ccc(F)cc4)CC3)sc2c1. The second-order valence-electron chi connectivity index (χ2n) is 9.06. The first kappa shape index (κ1) is 24.6. The van der Waals surface area contributed by atoms with Crippen molar-refractivity contribution < 1.29 is 22.0 Å². The molecule has 0 atom stereocenters. The van der Waals surface area contributed by atoms with Crippen LogP contribution in [-0.4, -0.2) is 36.7 Å². The number of hydrogen-bond acceptors (Lipinski definition) is 6. The van der Waals surface area contributed by atoms with Crippen LogP contribution in [0.4, 0.5) is 9.52 Å². The molecule has 0 spiro atoms. The lowest BCUT2D eigenvalue weighted by atomic mass is 9.96. The van der Waals surface area contributed by atoms with Gasteiger partial charge in [0.15, 0.2) is 5.13 Å². The Morgan fingerprint density at radius 2 is 1.89 bits per heavy atom. The van der Waals surface area contributed by atoms with Gasteiger partial charge in [-0.3, -0.25) is 9.69 Å². The highest BCUT2D eigenvalue weighted by molar-refractivity contribution is 7.89. The number of carbonyl (C=O) groups excluding carboxylic acids is 1. The number of halogens is 1. The van der Waals surface area contributed by atoms with Gasteiger partial charge in [-0.2, -0.15) is 4.31 Å². The van der Waals surface area contributed by atoms with E-state index < -0.39 is 15.8 Å². The van der Waals surface area contributed by atoms with Gasteiger partial charge in [0.25, 0.3) is 0 Å². The van der Waals surface area contributed by atoms with Crippen molar-refractivity contribution in [2.24, 2.45) is 5.92 Å². The lowest BCUT2D eigenvalue weighted by molar-refractivity contribution is -0.123. The van der Waals surface area contributed by atoms with E-state index >= 15 is 0 Å². The molecule has 1 aliphatic heterocycles. The summed E-state index contributed by atoms with van der Waals surface area (Å²) in [6.45, 7) is 4.71. The third kappa shape index (κ3) is 4.80. The number of aromatic nitrogens is 1. The highest BCUT2D eigenvalue weighted by Crippen LogP contribution is 2.35. The molecule has 0 N–H and O–H groups in total. The minimum Gasteiger partial charge on any atom is -0.467 e. The number of anilines is 1. The van der Waals surface area contributed by atoms with Crippen LogP contribution >= 0.6 is 11.3 Å². The molecule has 1 fully saturated rings. The summed E-state index contributed by atoms with van der Waals surface area (Å²) in [5.41, 5.74) is 3.06. The first-order chi connectivity index (χ1) is 17.2. The summed E-state index contributed by atoms with van der Waals surface area (Å²) >= 11 is 1.47. The van der Waals surface area contributed by atoms with Gasteiger partial charge in [-0.1, -0.05) is 17.4 Å². The average Bonchev–Trinajstić information content (AvgIpc) is 3.52. The van der Waals surface area contributed by atoms with Gasteiger partial charge in [0.2, 0.25) is 15.9 Å². The quantitative estimate of drug-likeness (QED) is 0.341. The van der Waals surface area contributed by atoms with Crippen LogP contribution < -0.4 is 4.90 Å². The molecule has 2 aromatic carbocycles. The molecule has 2 aromatic heterocycles. The van der Waals surface area contributed by atoms with E-state index in [-0.39, 0.29) is 36.4 Å². The van der Waals surface area contributed by atoms with Crippen molar-refractivity contribution in [2.45, 2.75) is 38.1 Å². The lowest BCUT2D eigenvalue weighted by Gasteiger charge is -2.32. The van der Waals surface area contributed by atoms with Gasteiger partial charge in [0.05, 0.1) is 27.9 Å². The van der Waals surface area contributed by atoms with Gasteiger partial charge in [-0.25, -0.2) is 17.8 Å². The number of piperidine rings is 1. The zero-order valence-corrected chi connectivity index (χ0v) is 21.6. The van der Waals surface area contributed by atoms with Crippen LogP contribution in [0, 0.1) is 25.6 Å². The van der Waals surface area contributed by atoms with E-state index in [4.69, 9.17) is 9.40 Å². The summed E-state index contributed by atoms with van der Waals surface area (Å²) in [5.74, 6) is -0.296. The summed E-state index contributed by atoms with van der Waals surface area (Å²) < 4.78 is 47.1. The molecule has 5 rings (SSSR count). The van der Waals surface area contributed by atoms with Crippen molar-refractivity contribution in [3.05, 3.63) is 77.5 Å². The average molecular weight is 528 g/mol. The Morgan fingerprint density at radius 3 is 2.56 bits per heavy atom. The van der Waals surface area contributed by atoms with E-state index in [1.54, 1.807) is 17.2 Å². The zero-order valence-electron chi connectivity index (χ0n) is 20.0. The summed E-state index contributed by atoms with van der Waals surface area (Å²) in [6.07, 6.45) is 2.34. The number of hydrogen-bond donors (Lipinski definition) is 0. The van der Waals surface area contributed by atoms with Crippen LogP contribution in [-0.2, 0) is 21.4 Å². The minimum absolute atomic E-state index is 0.0493. The summed E-state index contributed by atoms with van der Waals surface area (Å²) in [5, 5.41) is 0.599. The van der Waals surface area contributed by atoms with Crippen molar-refractivity contribution in [1.82, 2.24) is 9.29 Å². The third-order valence-electron chi connectivity index (χ3n) is 6.46. The van der Waals surface area contributed by atoms with Gasteiger partial charge >= 0.3 is 0 Å². The molecule has 1 amide bonds. The second-order valence-corrected chi connectivity index (χ2v) is 12.0. The van der Waals surface area contributed by atoms with Crippen molar-refractivity contribution >= 4 is 42.6 Å². The van der Waals surface area contributed by atoms with Crippen LogP contribution in [0.1, 0.15) is 29.7 Å². The molecule has 0 saturated carbocycles. The molecule has 0 bridgehead atoms. The molecule has 1 saturated heterocycles. The third-order valence-corrected chi connectivity index (χ3v) is 9.40. The number of benzene rings is 2. The van der Waals surface area contributed by atoms with Gasteiger partial charge < -0.3 is 4.42 Å². The molecular formula is C26H26FN3O4S2. The Kier molecular flexibility index (Phi) is 6.67. The number of thiazole rings is 1. The molecule has 4 aromatic rings. The largest absolute Gasteiger partial charge is 0.467 e. The van der Waals surface area contributed by atoms with Gasteiger partial charge in [-0.05, 0) is 80.3 Å². The molecule has 1 aliphatic rings. The number of nitrogens with zero attached hydrogens (tertiary/aromatic N) is 3. The van der Waals surface area contributed by atoms with Crippen molar-refractivity contribution in [3.8, 4) is 0 Å². The molecule has 188 valence electrons. The van der Waals surface area contributed by atoms with Crippen molar-refractivity contribution in [1.29, 1.82) is 0 Å². The van der Waals surface area contributed by atoms with E-state index in [0.717, 1.165) is 33.5 Å². The highest BCUT2D eigenvalue weighted by Gasteiger charge is 2.35. The number of carbonyl (C=O) groups is 1. The molecule has 0 radical (unpaired) electrons. The van der Waals surface area contributed by atoms with Crippen LogP contribution in [0.25, 0.3) is 10.2 Å². The minimum atomic E-state index is -3.75. The lowest BCUT2D eigenvalue weighted by Crippen LogP contribution is -2.44. The first-order valence-corrected chi connectivity index (χ1v) is 14.0.